The Morgan fingerprint density at radius 3 is 2.58 bits per heavy atom. The lowest BCUT2D eigenvalue weighted by molar-refractivity contribution is 0.412. The van der Waals surface area contributed by atoms with Gasteiger partial charge in [-0.15, -0.1) is 0 Å². The van der Waals surface area contributed by atoms with Gasteiger partial charge in [-0.25, -0.2) is 4.39 Å². The summed E-state index contributed by atoms with van der Waals surface area (Å²) in [7, 11) is 1.62. The van der Waals surface area contributed by atoms with E-state index >= 15 is 0 Å². The van der Waals surface area contributed by atoms with E-state index in [0.717, 1.165) is 20.3 Å². The summed E-state index contributed by atoms with van der Waals surface area (Å²) in [5, 5.41) is 3.06. The third-order valence-electron chi connectivity index (χ3n) is 2.63. The maximum Gasteiger partial charge on any atom is 0.147 e. The molecule has 0 aliphatic heterocycles. The summed E-state index contributed by atoms with van der Waals surface area (Å²) in [6, 6.07) is 10.7. The molecule has 0 saturated heterocycles. The van der Waals surface area contributed by atoms with Crippen molar-refractivity contribution in [3.05, 3.63) is 56.7 Å². The van der Waals surface area contributed by atoms with Crippen molar-refractivity contribution in [2.24, 2.45) is 0 Å². The van der Waals surface area contributed by atoms with Crippen molar-refractivity contribution in [2.75, 3.05) is 12.4 Å². The van der Waals surface area contributed by atoms with E-state index < -0.39 is 0 Å². The van der Waals surface area contributed by atoms with Crippen molar-refractivity contribution >= 4 is 37.5 Å². The quantitative estimate of drug-likeness (QED) is 0.798. The predicted molar refractivity (Wildman–Crippen MR) is 82.1 cm³/mol. The van der Waals surface area contributed by atoms with Crippen LogP contribution in [0.25, 0.3) is 0 Å². The minimum atomic E-state index is -0.276. The van der Waals surface area contributed by atoms with Crippen molar-refractivity contribution in [1.82, 2.24) is 0 Å². The number of anilines is 1. The van der Waals surface area contributed by atoms with E-state index in [1.54, 1.807) is 19.2 Å². The van der Waals surface area contributed by atoms with Crippen molar-refractivity contribution in [2.45, 2.75) is 6.54 Å². The summed E-state index contributed by atoms with van der Waals surface area (Å²) in [6.45, 7) is 0.543. The zero-order valence-corrected chi connectivity index (χ0v) is 13.4. The highest BCUT2D eigenvalue weighted by atomic mass is 79.9. The predicted octanol–water partition coefficient (Wildman–Crippen LogP) is 4.97. The second-order valence-corrected chi connectivity index (χ2v) is 5.72. The summed E-state index contributed by atoms with van der Waals surface area (Å²) in [5.74, 6) is 0.500. The van der Waals surface area contributed by atoms with Crippen molar-refractivity contribution in [3.63, 3.8) is 0 Å². The van der Waals surface area contributed by atoms with Crippen molar-refractivity contribution < 1.29 is 9.13 Å². The molecule has 0 saturated carbocycles. The number of hydrogen-bond donors (Lipinski definition) is 1. The van der Waals surface area contributed by atoms with E-state index in [1.165, 1.54) is 6.07 Å². The number of hydrogen-bond acceptors (Lipinski definition) is 2. The Morgan fingerprint density at radius 1 is 1.16 bits per heavy atom. The second-order valence-electron chi connectivity index (χ2n) is 3.95. The molecule has 2 aromatic carbocycles. The number of benzene rings is 2. The normalized spacial score (nSPS) is 10.3. The number of methoxy groups -OCH3 is 1. The molecule has 2 rings (SSSR count). The minimum absolute atomic E-state index is 0.276. The van der Waals surface area contributed by atoms with Gasteiger partial charge >= 0.3 is 0 Å². The van der Waals surface area contributed by atoms with Crippen LogP contribution in [0.15, 0.2) is 45.3 Å². The Bertz CT molecular complexity index is 590. The number of halogens is 3. The molecule has 0 aromatic heterocycles. The fraction of sp³-hybridized carbons (Fsp3) is 0.143. The fourth-order valence-corrected chi connectivity index (χ4v) is 2.57. The van der Waals surface area contributed by atoms with Gasteiger partial charge in [-0.05, 0) is 51.8 Å². The van der Waals surface area contributed by atoms with Crippen LogP contribution in [0.3, 0.4) is 0 Å². The molecule has 0 atom stereocenters. The zero-order chi connectivity index (χ0) is 13.8. The topological polar surface area (TPSA) is 21.3 Å². The van der Waals surface area contributed by atoms with Crippen LogP contribution in [0.2, 0.25) is 0 Å². The zero-order valence-electron chi connectivity index (χ0n) is 10.2. The molecule has 0 unspecified atom stereocenters. The van der Waals surface area contributed by atoms with Gasteiger partial charge in [0.1, 0.15) is 11.6 Å². The Hall–Kier alpha value is -1.07. The van der Waals surface area contributed by atoms with E-state index in [1.807, 2.05) is 18.2 Å². The average Bonchev–Trinajstić information content (AvgIpc) is 2.38. The molecular formula is C14H12Br2FNO. The van der Waals surface area contributed by atoms with Crippen LogP contribution in [-0.2, 0) is 6.54 Å². The van der Waals surface area contributed by atoms with Gasteiger partial charge in [0.25, 0.3) is 0 Å². The lowest BCUT2D eigenvalue weighted by Crippen LogP contribution is -2.01. The fourth-order valence-electron chi connectivity index (χ4n) is 1.65. The number of rotatable bonds is 4. The standard InChI is InChI=1S/C14H12Br2FNO/c1-19-14-5-2-9(6-11(14)16)8-18-13-4-3-10(15)7-12(13)17/h2-7,18H,8H2,1H3. The first-order valence-corrected chi connectivity index (χ1v) is 7.20. The van der Waals surface area contributed by atoms with Crippen LogP contribution in [0.1, 0.15) is 5.56 Å². The monoisotopic (exact) mass is 387 g/mol. The van der Waals surface area contributed by atoms with Gasteiger partial charge in [-0.3, -0.25) is 0 Å². The molecule has 5 heteroatoms. The Balaban J connectivity index is 2.08. The van der Waals surface area contributed by atoms with E-state index in [9.17, 15) is 4.39 Å². The van der Waals surface area contributed by atoms with E-state index in [2.05, 4.69) is 37.2 Å². The molecule has 0 radical (unpaired) electrons. The van der Waals surface area contributed by atoms with Gasteiger partial charge in [-0.1, -0.05) is 22.0 Å². The van der Waals surface area contributed by atoms with Crippen molar-refractivity contribution in [1.29, 1.82) is 0 Å². The first-order chi connectivity index (χ1) is 9.10. The summed E-state index contributed by atoms with van der Waals surface area (Å²) in [4.78, 5) is 0. The molecule has 0 bridgehead atoms. The molecule has 0 spiro atoms. The smallest absolute Gasteiger partial charge is 0.147 e. The maximum atomic E-state index is 13.6. The van der Waals surface area contributed by atoms with E-state index in [4.69, 9.17) is 4.74 Å². The van der Waals surface area contributed by atoms with E-state index in [-0.39, 0.29) is 5.82 Å². The number of nitrogens with one attached hydrogen (secondary N) is 1. The average molecular weight is 389 g/mol. The highest BCUT2D eigenvalue weighted by Crippen LogP contribution is 2.26. The molecule has 0 heterocycles. The van der Waals surface area contributed by atoms with Gasteiger partial charge in [0, 0.05) is 11.0 Å². The molecule has 0 fully saturated rings. The summed E-state index contributed by atoms with van der Waals surface area (Å²) >= 11 is 6.65. The summed E-state index contributed by atoms with van der Waals surface area (Å²) < 4.78 is 20.4. The highest BCUT2D eigenvalue weighted by Gasteiger charge is 2.04. The van der Waals surface area contributed by atoms with Gasteiger partial charge in [0.15, 0.2) is 0 Å². The third kappa shape index (κ3) is 3.70. The Morgan fingerprint density at radius 2 is 1.95 bits per heavy atom. The van der Waals surface area contributed by atoms with Gasteiger partial charge < -0.3 is 10.1 Å². The Labute approximate surface area is 128 Å². The largest absolute Gasteiger partial charge is 0.496 e. The van der Waals surface area contributed by atoms with Gasteiger partial charge in [-0.2, -0.15) is 0 Å². The second kappa shape index (κ2) is 6.39. The molecule has 0 aliphatic carbocycles. The first-order valence-electron chi connectivity index (χ1n) is 5.61. The van der Waals surface area contributed by atoms with Crippen LogP contribution in [-0.4, -0.2) is 7.11 Å². The van der Waals surface area contributed by atoms with Crippen LogP contribution >= 0.6 is 31.9 Å². The van der Waals surface area contributed by atoms with Crippen molar-refractivity contribution in [3.8, 4) is 5.75 Å². The molecule has 0 amide bonds. The molecular weight excluding hydrogens is 377 g/mol. The third-order valence-corrected chi connectivity index (χ3v) is 3.74. The summed E-state index contributed by atoms with van der Waals surface area (Å²) in [5.41, 5.74) is 1.52. The molecule has 1 N–H and O–H groups in total. The van der Waals surface area contributed by atoms with E-state index in [0.29, 0.717) is 12.2 Å². The van der Waals surface area contributed by atoms with Crippen LogP contribution in [0.4, 0.5) is 10.1 Å². The molecule has 2 aromatic rings. The van der Waals surface area contributed by atoms with Crippen LogP contribution in [0, 0.1) is 5.82 Å². The summed E-state index contributed by atoms with van der Waals surface area (Å²) in [6.07, 6.45) is 0. The van der Waals surface area contributed by atoms with Gasteiger partial charge in [0.2, 0.25) is 0 Å². The number of ether oxygens (including phenoxy) is 1. The SMILES string of the molecule is COc1ccc(CNc2ccc(Br)cc2F)cc1Br. The minimum Gasteiger partial charge on any atom is -0.496 e. The van der Waals surface area contributed by atoms with Crippen LogP contribution < -0.4 is 10.1 Å². The first kappa shape index (κ1) is 14.3. The molecule has 0 aliphatic rings. The molecule has 100 valence electrons. The van der Waals surface area contributed by atoms with Gasteiger partial charge in [0.05, 0.1) is 17.3 Å². The molecule has 2 nitrogen and oxygen atoms in total. The Kier molecular flexibility index (Phi) is 4.82. The highest BCUT2D eigenvalue weighted by molar-refractivity contribution is 9.10. The molecule has 19 heavy (non-hydrogen) atoms. The maximum absolute atomic E-state index is 13.6. The van der Waals surface area contributed by atoms with Crippen LogP contribution in [0.5, 0.6) is 5.75 Å². The lowest BCUT2D eigenvalue weighted by atomic mass is 10.2. The lowest BCUT2D eigenvalue weighted by Gasteiger charge is -2.10.